The van der Waals surface area contributed by atoms with E-state index in [4.69, 9.17) is 0 Å². The Balaban J connectivity index is 0.000000139. The van der Waals surface area contributed by atoms with Crippen LogP contribution < -0.4 is 0 Å². The first-order chi connectivity index (χ1) is 44.0. The molecule has 2 aliphatic rings. The molecule has 16 aromatic carbocycles. The molecule has 0 radical (unpaired) electrons. The van der Waals surface area contributed by atoms with E-state index >= 15 is 0 Å². The molecule has 16 aromatic rings. The molecule has 0 fully saturated rings. The van der Waals surface area contributed by atoms with Crippen LogP contribution in [-0.4, -0.2) is 0 Å². The zero-order valence-corrected chi connectivity index (χ0v) is 51.0. The number of hydrogen-bond acceptors (Lipinski definition) is 0. The molecule has 0 heterocycles. The van der Waals surface area contributed by atoms with Gasteiger partial charge in [0, 0.05) is 10.8 Å². The van der Waals surface area contributed by atoms with Gasteiger partial charge in [0.25, 0.3) is 0 Å². The molecule has 2 aliphatic carbocycles. The van der Waals surface area contributed by atoms with E-state index in [-0.39, 0.29) is 10.8 Å². The van der Waals surface area contributed by atoms with Crippen LogP contribution in [0.1, 0.15) is 49.9 Å². The summed E-state index contributed by atoms with van der Waals surface area (Å²) in [5.41, 5.74) is 26.0. The standard InChI is InChI=1S/2C45H32/c1-45(2)43-27-39(37-14-12-30-8-4-6-10-32(30)24-37)19-21-41(43)42-22-20-40(28-44(42)45)38-18-17-35-25-34(15-16-36(35)26-38)33-13-11-29-7-3-5-9-31(29)23-33;1-45(2)43-14-8-7-13-40(43)41-22-21-35(28-44(41)45)38-26-36-11-5-6-12-39(36)42(27-38)37-20-19-33-24-32(17-18-34(33)25-37)31-16-15-29-9-3-4-10-30(29)23-31/h2*3-28H,1-2H3. The number of rotatable bonds is 6. The third-order valence-electron chi connectivity index (χ3n) is 20.0. The summed E-state index contributed by atoms with van der Waals surface area (Å²) in [4.78, 5) is 0. The summed E-state index contributed by atoms with van der Waals surface area (Å²) in [5.74, 6) is 0. The van der Waals surface area contributed by atoms with Crippen LogP contribution in [0.3, 0.4) is 0 Å². The van der Waals surface area contributed by atoms with Crippen LogP contribution >= 0.6 is 0 Å². The maximum absolute atomic E-state index is 2.43. The predicted molar refractivity (Wildman–Crippen MR) is 386 cm³/mol. The van der Waals surface area contributed by atoms with E-state index < -0.39 is 0 Å². The molecule has 0 atom stereocenters. The fourth-order valence-corrected chi connectivity index (χ4v) is 15.0. The van der Waals surface area contributed by atoms with Gasteiger partial charge in [-0.3, -0.25) is 0 Å². The summed E-state index contributed by atoms with van der Waals surface area (Å²) in [6.45, 7) is 9.46. The van der Waals surface area contributed by atoms with Gasteiger partial charge in [0.15, 0.2) is 0 Å². The van der Waals surface area contributed by atoms with E-state index in [0.717, 1.165) is 0 Å². The van der Waals surface area contributed by atoms with Crippen molar-refractivity contribution < 1.29 is 0 Å². The molecule has 18 rings (SSSR count). The molecular formula is C90H64. The van der Waals surface area contributed by atoms with Gasteiger partial charge in [-0.2, -0.15) is 0 Å². The molecule has 0 bridgehead atoms. The van der Waals surface area contributed by atoms with Gasteiger partial charge in [-0.1, -0.05) is 270 Å². The van der Waals surface area contributed by atoms with Crippen molar-refractivity contribution in [1.82, 2.24) is 0 Å². The molecule has 0 N–H and O–H groups in total. The Morgan fingerprint density at radius 2 is 0.411 bits per heavy atom. The lowest BCUT2D eigenvalue weighted by Crippen LogP contribution is -2.15. The van der Waals surface area contributed by atoms with Gasteiger partial charge < -0.3 is 0 Å². The van der Waals surface area contributed by atoms with Gasteiger partial charge in [-0.05, 0) is 249 Å². The van der Waals surface area contributed by atoms with Crippen LogP contribution in [0.2, 0.25) is 0 Å². The van der Waals surface area contributed by atoms with Crippen molar-refractivity contribution in [3.05, 3.63) is 338 Å². The Bertz CT molecular complexity index is 5610. The van der Waals surface area contributed by atoms with E-state index in [1.54, 1.807) is 0 Å². The Kier molecular flexibility index (Phi) is 12.4. The van der Waals surface area contributed by atoms with Crippen molar-refractivity contribution in [1.29, 1.82) is 0 Å². The molecule has 90 heavy (non-hydrogen) atoms. The number of hydrogen-bond donors (Lipinski definition) is 0. The van der Waals surface area contributed by atoms with E-state index in [0.29, 0.717) is 0 Å². The fourth-order valence-electron chi connectivity index (χ4n) is 15.0. The van der Waals surface area contributed by atoms with Crippen molar-refractivity contribution in [2.24, 2.45) is 0 Å². The Hall–Kier alpha value is -10.9. The molecule has 424 valence electrons. The average Bonchev–Trinajstić information content (AvgIpc) is 1.62. The number of benzene rings is 16. The van der Waals surface area contributed by atoms with E-state index in [1.165, 1.54) is 176 Å². The summed E-state index contributed by atoms with van der Waals surface area (Å²) in [7, 11) is 0. The average molecular weight is 1150 g/mol. The highest BCUT2D eigenvalue weighted by Crippen LogP contribution is 2.52. The first-order valence-electron chi connectivity index (χ1n) is 31.7. The quantitative estimate of drug-likeness (QED) is 0.156. The van der Waals surface area contributed by atoms with Gasteiger partial charge in [0.05, 0.1) is 0 Å². The maximum atomic E-state index is 2.43. The highest BCUT2D eigenvalue weighted by atomic mass is 14.4. The first-order valence-corrected chi connectivity index (χ1v) is 31.7. The summed E-state index contributed by atoms with van der Waals surface area (Å²) < 4.78 is 0. The maximum Gasteiger partial charge on any atom is 0.0159 e. The fraction of sp³-hybridized carbons (Fsp3) is 0.0667. The lowest BCUT2D eigenvalue weighted by molar-refractivity contribution is 0.660. The molecule has 0 saturated carbocycles. The molecule has 0 amide bonds. The largest absolute Gasteiger partial charge is 0.0619 e. The second-order valence-electron chi connectivity index (χ2n) is 26.1. The normalized spacial score (nSPS) is 13.3. The summed E-state index contributed by atoms with van der Waals surface area (Å²) >= 11 is 0. The molecule has 0 heteroatoms. The third-order valence-corrected chi connectivity index (χ3v) is 20.0. The van der Waals surface area contributed by atoms with Crippen LogP contribution in [0.15, 0.2) is 315 Å². The van der Waals surface area contributed by atoms with Crippen molar-refractivity contribution in [3.8, 4) is 89.0 Å². The van der Waals surface area contributed by atoms with Crippen molar-refractivity contribution in [2.75, 3.05) is 0 Å². The monoisotopic (exact) mass is 1140 g/mol. The second-order valence-corrected chi connectivity index (χ2v) is 26.1. The van der Waals surface area contributed by atoms with Crippen LogP contribution in [0.4, 0.5) is 0 Å². The molecule has 0 saturated heterocycles. The minimum Gasteiger partial charge on any atom is -0.0619 e. The molecular weight excluding hydrogens is 1080 g/mol. The second kappa shape index (κ2) is 20.9. The highest BCUT2D eigenvalue weighted by Gasteiger charge is 2.37. The van der Waals surface area contributed by atoms with Gasteiger partial charge in [-0.25, -0.2) is 0 Å². The van der Waals surface area contributed by atoms with E-state index in [9.17, 15) is 0 Å². The minimum atomic E-state index is -0.0842. The van der Waals surface area contributed by atoms with E-state index in [1.807, 2.05) is 0 Å². The lowest BCUT2D eigenvalue weighted by atomic mass is 9.80. The van der Waals surface area contributed by atoms with Gasteiger partial charge in [0.1, 0.15) is 0 Å². The predicted octanol–water partition coefficient (Wildman–Crippen LogP) is 24.9. The van der Waals surface area contributed by atoms with Crippen LogP contribution in [0.25, 0.3) is 154 Å². The van der Waals surface area contributed by atoms with Gasteiger partial charge in [-0.15, -0.1) is 0 Å². The minimum absolute atomic E-state index is 0.0222. The Morgan fingerprint density at radius 3 is 0.833 bits per heavy atom. The molecule has 0 aliphatic heterocycles. The molecule has 0 aromatic heterocycles. The third kappa shape index (κ3) is 9.05. The Morgan fingerprint density at radius 1 is 0.156 bits per heavy atom. The summed E-state index contributed by atoms with van der Waals surface area (Å²) in [6.07, 6.45) is 0. The molecule has 0 spiro atoms. The molecule has 0 unspecified atom stereocenters. The van der Waals surface area contributed by atoms with Crippen LogP contribution in [0.5, 0.6) is 0 Å². The topological polar surface area (TPSA) is 0 Å². The van der Waals surface area contributed by atoms with Crippen molar-refractivity contribution in [2.45, 2.75) is 38.5 Å². The van der Waals surface area contributed by atoms with Crippen LogP contribution in [0, 0.1) is 0 Å². The van der Waals surface area contributed by atoms with E-state index in [2.05, 4.69) is 343 Å². The number of fused-ring (bicyclic) bond motifs is 12. The van der Waals surface area contributed by atoms with Crippen molar-refractivity contribution >= 4 is 64.6 Å². The SMILES string of the molecule is CC1(C)c2cc(-c3ccc4ccccc4c3)ccc2-c2ccc(-c3ccc4cc(-c5ccc6ccccc6c5)ccc4c3)cc21.CC1(C)c2ccccc2-c2ccc(-c3cc(-c4ccc5cc(-c6ccc7ccccc7c6)ccc5c4)c4ccccc4c3)cc21. The smallest absolute Gasteiger partial charge is 0.0159 e. The Labute approximate surface area is 526 Å². The summed E-state index contributed by atoms with van der Waals surface area (Å²) in [5, 5.41) is 15.2. The lowest BCUT2D eigenvalue weighted by Gasteiger charge is -2.22. The summed E-state index contributed by atoms with van der Waals surface area (Å²) in [6, 6.07) is 117. The van der Waals surface area contributed by atoms with Crippen LogP contribution in [-0.2, 0) is 10.8 Å². The van der Waals surface area contributed by atoms with Crippen molar-refractivity contribution in [3.63, 3.8) is 0 Å². The first kappa shape index (κ1) is 53.3. The van der Waals surface area contributed by atoms with Gasteiger partial charge >= 0.3 is 0 Å². The van der Waals surface area contributed by atoms with Gasteiger partial charge in [0.2, 0.25) is 0 Å². The highest BCUT2D eigenvalue weighted by molar-refractivity contribution is 6.03. The molecule has 0 nitrogen and oxygen atoms in total. The zero-order chi connectivity index (χ0) is 60.2. The zero-order valence-electron chi connectivity index (χ0n) is 51.0.